The highest BCUT2D eigenvalue weighted by molar-refractivity contribution is 7.88. The minimum Gasteiger partial charge on any atom is -0.478 e. The van der Waals surface area contributed by atoms with Gasteiger partial charge in [0, 0.05) is 76.6 Å². The molecule has 0 aromatic heterocycles. The van der Waals surface area contributed by atoms with Gasteiger partial charge in [-0.3, -0.25) is 20.2 Å². The quantitative estimate of drug-likeness (QED) is 0.272. The third-order valence-corrected chi connectivity index (χ3v) is 9.34. The average Bonchev–Trinajstić information content (AvgIpc) is 2.97. The molecule has 2 heterocycles. The largest absolute Gasteiger partial charge is 0.478 e. The van der Waals surface area contributed by atoms with Gasteiger partial charge in [0.05, 0.1) is 44.2 Å². The minimum absolute atomic E-state index is 0.0156. The molecular weight excluding hydrogens is 664 g/mol. The van der Waals surface area contributed by atoms with Gasteiger partial charge in [-0.05, 0) is 12.1 Å². The number of carbonyl (C=O) groups is 2. The topological polar surface area (TPSA) is 251 Å². The Morgan fingerprint density at radius 1 is 0.756 bits per heavy atom. The van der Waals surface area contributed by atoms with E-state index >= 15 is 0 Å². The minimum atomic E-state index is -3.27. The van der Waals surface area contributed by atoms with Crippen LogP contribution in [0.25, 0.3) is 0 Å². The van der Waals surface area contributed by atoms with E-state index in [1.54, 1.807) is 4.90 Å². The fourth-order valence-corrected chi connectivity index (χ4v) is 5.98. The predicted molar refractivity (Wildman–Crippen MR) is 163 cm³/mol. The number of benzene rings is 2. The summed E-state index contributed by atoms with van der Waals surface area (Å²) < 4.78 is 47.5. The number of carboxylic acids is 2. The number of non-ortho nitro benzene ring substituents is 2. The maximum absolute atomic E-state index is 11.5. The summed E-state index contributed by atoms with van der Waals surface area (Å²) >= 11 is 5.49. The average molecular weight is 695 g/mol. The number of nitrogens with zero attached hydrogens (tertiary/aromatic N) is 5. The molecule has 3 N–H and O–H groups in total. The van der Waals surface area contributed by atoms with E-state index in [2.05, 4.69) is 5.32 Å². The number of nitrogens with one attached hydrogen (secondary N) is 1. The van der Waals surface area contributed by atoms with E-state index in [0.717, 1.165) is 37.5 Å². The van der Waals surface area contributed by atoms with Gasteiger partial charge in [-0.1, -0.05) is 11.6 Å². The van der Waals surface area contributed by atoms with Crippen LogP contribution in [-0.2, 0) is 20.0 Å². The molecule has 0 unspecified atom stereocenters. The lowest BCUT2D eigenvalue weighted by Gasteiger charge is -2.35. The Bertz CT molecular complexity index is 1640. The van der Waals surface area contributed by atoms with Crippen LogP contribution in [0.15, 0.2) is 36.4 Å². The Balaban J connectivity index is 0.000000259. The van der Waals surface area contributed by atoms with Crippen molar-refractivity contribution in [2.75, 3.05) is 69.8 Å². The molecule has 0 bridgehead atoms. The molecule has 2 fully saturated rings. The van der Waals surface area contributed by atoms with Crippen LogP contribution in [0, 0.1) is 20.2 Å². The third kappa shape index (κ3) is 11.2. The SMILES string of the molecule is CS(=O)(=O)N1CCN(c2ccc([N+](=O)[O-])cc2C(=O)O)CC1.CS(=O)(=O)N1CCNCC1.O=C(O)c1cc([N+](=O)[O-])ccc1Cl. The van der Waals surface area contributed by atoms with E-state index in [0.29, 0.717) is 31.9 Å². The van der Waals surface area contributed by atoms with Gasteiger partial charge < -0.3 is 20.4 Å². The molecule has 0 radical (unpaired) electrons. The number of nitro benzene ring substituents is 2. The lowest BCUT2D eigenvalue weighted by molar-refractivity contribution is -0.385. The number of piperazine rings is 2. The van der Waals surface area contributed by atoms with E-state index in [9.17, 15) is 51.8 Å². The Hall–Kier alpha value is -3.95. The molecule has 248 valence electrons. The third-order valence-electron chi connectivity index (χ3n) is 6.41. The van der Waals surface area contributed by atoms with Crippen LogP contribution in [0.2, 0.25) is 5.02 Å². The van der Waals surface area contributed by atoms with Crippen LogP contribution in [0.1, 0.15) is 20.7 Å². The van der Waals surface area contributed by atoms with Crippen molar-refractivity contribution >= 4 is 60.6 Å². The Morgan fingerprint density at radius 3 is 1.58 bits per heavy atom. The van der Waals surface area contributed by atoms with Gasteiger partial charge >= 0.3 is 11.9 Å². The molecular formula is C24H31ClN6O12S2. The second-order valence-electron chi connectivity index (χ2n) is 9.55. The zero-order valence-corrected chi connectivity index (χ0v) is 26.4. The molecule has 2 aliphatic rings. The van der Waals surface area contributed by atoms with Crippen LogP contribution in [0.3, 0.4) is 0 Å². The van der Waals surface area contributed by atoms with Crippen molar-refractivity contribution in [3.63, 3.8) is 0 Å². The number of rotatable bonds is 7. The van der Waals surface area contributed by atoms with Gasteiger partial charge in [0.25, 0.3) is 11.4 Å². The Labute approximate surface area is 263 Å². The summed E-state index contributed by atoms with van der Waals surface area (Å²) in [6.07, 6.45) is 2.37. The summed E-state index contributed by atoms with van der Waals surface area (Å²) in [7, 11) is -6.21. The Morgan fingerprint density at radius 2 is 1.18 bits per heavy atom. The first-order chi connectivity index (χ1) is 20.8. The van der Waals surface area contributed by atoms with Crippen LogP contribution >= 0.6 is 11.6 Å². The Kier molecular flexibility index (Phi) is 13.1. The van der Waals surface area contributed by atoms with E-state index < -0.39 is 41.8 Å². The van der Waals surface area contributed by atoms with Crippen molar-refractivity contribution in [3.8, 4) is 0 Å². The van der Waals surface area contributed by atoms with Gasteiger partial charge in [-0.15, -0.1) is 0 Å². The number of halogens is 1. The molecule has 2 aromatic carbocycles. The van der Waals surface area contributed by atoms with Crippen LogP contribution in [-0.4, -0.2) is 122 Å². The second kappa shape index (κ2) is 15.9. The number of hydrogen-bond acceptors (Lipinski definition) is 12. The van der Waals surface area contributed by atoms with Crippen molar-refractivity contribution in [2.45, 2.75) is 0 Å². The summed E-state index contributed by atoms with van der Waals surface area (Å²) in [6.45, 7) is 3.90. The van der Waals surface area contributed by atoms with E-state index in [1.165, 1.54) is 33.1 Å². The maximum atomic E-state index is 11.5. The van der Waals surface area contributed by atoms with Crippen LogP contribution in [0.5, 0.6) is 0 Å². The zero-order valence-electron chi connectivity index (χ0n) is 24.0. The fraction of sp³-hybridized carbons (Fsp3) is 0.417. The van der Waals surface area contributed by atoms with Crippen LogP contribution in [0.4, 0.5) is 17.1 Å². The number of sulfonamides is 2. The molecule has 2 aromatic rings. The molecule has 0 amide bonds. The normalized spacial score (nSPS) is 15.9. The standard InChI is InChI=1S/C12H15N3O6S.C7H4ClNO4.C5H12N2O2S/c1-22(20,21)14-6-4-13(5-7-14)11-3-2-9(15(18)19)8-10(11)12(16)17;8-6-2-1-4(9(12)13)3-5(6)7(10)11;1-10(8,9)7-4-2-6-3-5-7/h2-3,8H,4-7H2,1H3,(H,16,17);1-3H,(H,10,11);6H,2-5H2,1H3. The van der Waals surface area contributed by atoms with Crippen molar-refractivity contribution in [3.05, 3.63) is 72.8 Å². The van der Waals surface area contributed by atoms with E-state index in [4.69, 9.17) is 16.7 Å². The van der Waals surface area contributed by atoms with E-state index in [1.807, 2.05) is 0 Å². The summed E-state index contributed by atoms with van der Waals surface area (Å²) in [5.41, 5.74) is -0.665. The molecule has 2 aliphatic heterocycles. The second-order valence-corrected chi connectivity index (χ2v) is 13.9. The van der Waals surface area contributed by atoms with Crippen LogP contribution < -0.4 is 10.2 Å². The van der Waals surface area contributed by atoms with Gasteiger partial charge in [0.2, 0.25) is 20.0 Å². The number of carboxylic acid groups (broad SMARTS) is 2. The summed E-state index contributed by atoms with van der Waals surface area (Å²) in [5.74, 6) is -2.54. The molecule has 45 heavy (non-hydrogen) atoms. The number of nitro groups is 2. The molecule has 0 atom stereocenters. The first-order valence-electron chi connectivity index (χ1n) is 12.9. The fourth-order valence-electron chi connectivity index (χ4n) is 4.11. The van der Waals surface area contributed by atoms with Gasteiger partial charge in [-0.2, -0.15) is 8.61 Å². The molecule has 21 heteroatoms. The molecule has 4 rings (SSSR count). The molecule has 18 nitrogen and oxygen atoms in total. The smallest absolute Gasteiger partial charge is 0.338 e. The summed E-state index contributed by atoms with van der Waals surface area (Å²) in [6, 6.07) is 6.89. The number of aromatic carboxylic acids is 2. The molecule has 2 saturated heterocycles. The highest BCUT2D eigenvalue weighted by Crippen LogP contribution is 2.27. The van der Waals surface area contributed by atoms with Gasteiger partial charge in [-0.25, -0.2) is 26.4 Å². The predicted octanol–water partition coefficient (Wildman–Crippen LogP) is 1.17. The van der Waals surface area contributed by atoms with Crippen molar-refractivity contribution in [1.29, 1.82) is 0 Å². The molecule has 0 aliphatic carbocycles. The first kappa shape index (κ1) is 37.2. The van der Waals surface area contributed by atoms with E-state index in [-0.39, 0.29) is 40.6 Å². The number of anilines is 1. The maximum Gasteiger partial charge on any atom is 0.338 e. The van der Waals surface area contributed by atoms with Crippen molar-refractivity contribution in [1.82, 2.24) is 13.9 Å². The van der Waals surface area contributed by atoms with Crippen molar-refractivity contribution < 1.29 is 46.5 Å². The van der Waals surface area contributed by atoms with Crippen molar-refractivity contribution in [2.24, 2.45) is 0 Å². The summed E-state index contributed by atoms with van der Waals surface area (Å²) in [5, 5.41) is 41.9. The first-order valence-corrected chi connectivity index (χ1v) is 16.9. The summed E-state index contributed by atoms with van der Waals surface area (Å²) in [4.78, 5) is 43.2. The molecule has 0 spiro atoms. The lowest BCUT2D eigenvalue weighted by atomic mass is 10.1. The lowest BCUT2D eigenvalue weighted by Crippen LogP contribution is -2.48. The zero-order chi connectivity index (χ0) is 34.1. The molecule has 0 saturated carbocycles. The number of hydrogen-bond donors (Lipinski definition) is 3. The van der Waals surface area contributed by atoms with Gasteiger partial charge in [0.1, 0.15) is 0 Å². The van der Waals surface area contributed by atoms with Gasteiger partial charge in [0.15, 0.2) is 0 Å². The monoisotopic (exact) mass is 694 g/mol. The highest BCUT2D eigenvalue weighted by Gasteiger charge is 2.27. The highest BCUT2D eigenvalue weighted by atomic mass is 35.5.